The number of methoxy groups -OCH3 is 2. The smallest absolute Gasteiger partial charge is 0.338 e. The molecule has 2 aromatic rings. The van der Waals surface area contributed by atoms with Crippen LogP contribution in [0.3, 0.4) is 0 Å². The molecular formula is C18H17NO6. The summed E-state index contributed by atoms with van der Waals surface area (Å²) in [5.41, 5.74) is 0.913. The highest BCUT2D eigenvalue weighted by atomic mass is 16.5. The summed E-state index contributed by atoms with van der Waals surface area (Å²) in [6.07, 6.45) is 3.50. The van der Waals surface area contributed by atoms with Crippen LogP contribution in [0.4, 0.5) is 5.69 Å². The van der Waals surface area contributed by atoms with Gasteiger partial charge in [0.1, 0.15) is 5.76 Å². The first-order valence-electron chi connectivity index (χ1n) is 7.74. The molecular weight excluding hydrogens is 326 g/mol. The van der Waals surface area contributed by atoms with Crippen LogP contribution in [0.5, 0.6) is 0 Å². The fourth-order valence-electron chi connectivity index (χ4n) is 2.56. The first-order chi connectivity index (χ1) is 12.0. The summed E-state index contributed by atoms with van der Waals surface area (Å²) < 4.78 is 14.7. The first kappa shape index (κ1) is 16.8. The number of rotatable bonds is 5. The molecule has 0 atom stereocenters. The van der Waals surface area contributed by atoms with Gasteiger partial charge in [-0.2, -0.15) is 0 Å². The zero-order chi connectivity index (χ0) is 18.0. The normalized spacial score (nSPS) is 13.2. The maximum absolute atomic E-state index is 12.5. The first-order valence-corrected chi connectivity index (χ1v) is 7.74. The van der Waals surface area contributed by atoms with Gasteiger partial charge in [-0.1, -0.05) is 0 Å². The molecule has 0 radical (unpaired) electrons. The summed E-state index contributed by atoms with van der Waals surface area (Å²) in [6.45, 7) is 0. The lowest BCUT2D eigenvalue weighted by Crippen LogP contribution is -2.16. The largest absolute Gasteiger partial charge is 0.468 e. The molecule has 1 amide bonds. The second-order valence-electron chi connectivity index (χ2n) is 5.67. The fourth-order valence-corrected chi connectivity index (χ4v) is 2.56. The van der Waals surface area contributed by atoms with Crippen LogP contribution < -0.4 is 5.32 Å². The van der Waals surface area contributed by atoms with Crippen LogP contribution in [0.1, 0.15) is 55.6 Å². The Morgan fingerprint density at radius 3 is 2.32 bits per heavy atom. The van der Waals surface area contributed by atoms with Gasteiger partial charge in [0.15, 0.2) is 0 Å². The minimum absolute atomic E-state index is 0.0155. The lowest BCUT2D eigenvalue weighted by molar-refractivity contribution is 0.0555. The van der Waals surface area contributed by atoms with E-state index in [0.29, 0.717) is 22.9 Å². The Labute approximate surface area is 143 Å². The predicted octanol–water partition coefficient (Wildman–Crippen LogP) is 2.98. The Balaban J connectivity index is 1.87. The molecule has 1 aromatic carbocycles. The molecule has 130 valence electrons. The number of carbonyl (C=O) groups excluding carboxylic acids is 3. The zero-order valence-corrected chi connectivity index (χ0v) is 13.8. The molecule has 25 heavy (non-hydrogen) atoms. The van der Waals surface area contributed by atoms with Crippen LogP contribution in [0.15, 0.2) is 34.9 Å². The number of furan rings is 1. The lowest BCUT2D eigenvalue weighted by atomic mass is 10.1. The van der Waals surface area contributed by atoms with E-state index in [2.05, 4.69) is 14.8 Å². The van der Waals surface area contributed by atoms with Gasteiger partial charge in [0.25, 0.3) is 5.91 Å². The summed E-state index contributed by atoms with van der Waals surface area (Å²) in [7, 11) is 2.43. The van der Waals surface area contributed by atoms with Gasteiger partial charge >= 0.3 is 11.9 Å². The Morgan fingerprint density at radius 2 is 1.68 bits per heavy atom. The molecule has 0 spiro atoms. The highest BCUT2D eigenvalue weighted by molar-refractivity contribution is 6.07. The molecule has 1 aliphatic rings. The van der Waals surface area contributed by atoms with Crippen molar-refractivity contribution in [2.24, 2.45) is 0 Å². The van der Waals surface area contributed by atoms with Crippen LogP contribution in [-0.2, 0) is 9.47 Å². The number of carbonyl (C=O) groups is 3. The number of nitrogens with one attached hydrogen (secondary N) is 1. The predicted molar refractivity (Wildman–Crippen MR) is 87.8 cm³/mol. The Kier molecular flexibility index (Phi) is 4.56. The molecule has 0 bridgehead atoms. The second-order valence-corrected chi connectivity index (χ2v) is 5.67. The minimum Gasteiger partial charge on any atom is -0.468 e. The molecule has 0 saturated heterocycles. The Hall–Kier alpha value is -3.09. The van der Waals surface area contributed by atoms with Crippen molar-refractivity contribution >= 4 is 23.5 Å². The average Bonchev–Trinajstić information content (AvgIpc) is 3.36. The SMILES string of the molecule is COC(=O)c1ccc(NC(=O)c2ccoc2C2CC2)cc1C(=O)OC. The fraction of sp³-hybridized carbons (Fsp3) is 0.278. The molecule has 1 aliphatic carbocycles. The topological polar surface area (TPSA) is 94.8 Å². The van der Waals surface area contributed by atoms with E-state index >= 15 is 0 Å². The van der Waals surface area contributed by atoms with E-state index in [-0.39, 0.29) is 17.0 Å². The molecule has 1 fully saturated rings. The molecule has 1 aromatic heterocycles. The van der Waals surface area contributed by atoms with E-state index in [4.69, 9.17) is 4.42 Å². The van der Waals surface area contributed by atoms with Gasteiger partial charge in [0.05, 0.1) is 37.2 Å². The second kappa shape index (κ2) is 6.80. The van der Waals surface area contributed by atoms with Gasteiger partial charge < -0.3 is 19.2 Å². The van der Waals surface area contributed by atoms with Crippen molar-refractivity contribution in [2.75, 3.05) is 19.5 Å². The van der Waals surface area contributed by atoms with Crippen molar-refractivity contribution in [1.29, 1.82) is 0 Å². The van der Waals surface area contributed by atoms with Gasteiger partial charge in [0.2, 0.25) is 0 Å². The number of hydrogen-bond acceptors (Lipinski definition) is 6. The van der Waals surface area contributed by atoms with Crippen molar-refractivity contribution in [1.82, 2.24) is 0 Å². The van der Waals surface area contributed by atoms with Gasteiger partial charge in [0, 0.05) is 11.6 Å². The summed E-state index contributed by atoms with van der Waals surface area (Å²) in [5, 5.41) is 2.71. The maximum atomic E-state index is 12.5. The average molecular weight is 343 g/mol. The molecule has 0 aliphatic heterocycles. The molecule has 3 rings (SSSR count). The lowest BCUT2D eigenvalue weighted by Gasteiger charge is -2.10. The van der Waals surface area contributed by atoms with Crippen molar-refractivity contribution < 1.29 is 28.3 Å². The van der Waals surface area contributed by atoms with Crippen LogP contribution >= 0.6 is 0 Å². The monoisotopic (exact) mass is 343 g/mol. The molecule has 0 unspecified atom stereocenters. The number of benzene rings is 1. The van der Waals surface area contributed by atoms with E-state index in [1.54, 1.807) is 6.07 Å². The Morgan fingerprint density at radius 1 is 1.00 bits per heavy atom. The van der Waals surface area contributed by atoms with Crippen molar-refractivity contribution in [3.05, 3.63) is 53.0 Å². The van der Waals surface area contributed by atoms with Gasteiger partial charge in [-0.3, -0.25) is 4.79 Å². The summed E-state index contributed by atoms with van der Waals surface area (Å²) in [4.78, 5) is 36.2. The van der Waals surface area contributed by atoms with Crippen LogP contribution in [0.2, 0.25) is 0 Å². The van der Waals surface area contributed by atoms with Gasteiger partial charge in [-0.05, 0) is 37.1 Å². The standard InChI is InChI=1S/C18H17NO6/c1-23-17(21)12-6-5-11(9-14(12)18(22)24-2)19-16(20)13-7-8-25-15(13)10-3-4-10/h5-10H,3-4H2,1-2H3,(H,19,20). The quantitative estimate of drug-likeness (QED) is 0.839. The van der Waals surface area contributed by atoms with Crippen molar-refractivity contribution in [3.8, 4) is 0 Å². The molecule has 7 heteroatoms. The van der Waals surface area contributed by atoms with E-state index < -0.39 is 11.9 Å². The molecule has 1 saturated carbocycles. The van der Waals surface area contributed by atoms with E-state index in [1.165, 1.54) is 38.7 Å². The van der Waals surface area contributed by atoms with E-state index in [0.717, 1.165) is 12.8 Å². The van der Waals surface area contributed by atoms with Gasteiger partial charge in [-0.15, -0.1) is 0 Å². The van der Waals surface area contributed by atoms with Crippen LogP contribution in [-0.4, -0.2) is 32.1 Å². The van der Waals surface area contributed by atoms with Crippen LogP contribution in [0.25, 0.3) is 0 Å². The maximum Gasteiger partial charge on any atom is 0.338 e. The summed E-state index contributed by atoms with van der Waals surface area (Å²) in [6, 6.07) is 5.93. The van der Waals surface area contributed by atoms with E-state index in [1.807, 2.05) is 0 Å². The summed E-state index contributed by atoms with van der Waals surface area (Å²) in [5.74, 6) is -0.722. The summed E-state index contributed by atoms with van der Waals surface area (Å²) >= 11 is 0. The molecule has 7 nitrogen and oxygen atoms in total. The highest BCUT2D eigenvalue weighted by Gasteiger charge is 2.31. The van der Waals surface area contributed by atoms with Crippen LogP contribution in [0, 0.1) is 0 Å². The molecule has 1 N–H and O–H groups in total. The van der Waals surface area contributed by atoms with Gasteiger partial charge in [-0.25, -0.2) is 9.59 Å². The highest BCUT2D eigenvalue weighted by Crippen LogP contribution is 2.42. The third kappa shape index (κ3) is 3.40. The Bertz CT molecular complexity index is 834. The van der Waals surface area contributed by atoms with E-state index in [9.17, 15) is 14.4 Å². The third-order valence-corrected chi connectivity index (χ3v) is 3.98. The number of anilines is 1. The number of amides is 1. The number of ether oxygens (including phenoxy) is 2. The zero-order valence-electron chi connectivity index (χ0n) is 13.8. The van der Waals surface area contributed by atoms with Crippen molar-refractivity contribution in [2.45, 2.75) is 18.8 Å². The minimum atomic E-state index is -0.696. The van der Waals surface area contributed by atoms with Crippen molar-refractivity contribution in [3.63, 3.8) is 0 Å². The molecule has 1 heterocycles. The number of esters is 2. The third-order valence-electron chi connectivity index (χ3n) is 3.98. The number of hydrogen-bond donors (Lipinski definition) is 1.